The Bertz CT molecular complexity index is 1080. The molecule has 4 rings (SSSR count). The van der Waals surface area contributed by atoms with E-state index in [2.05, 4.69) is 25.4 Å². The average Bonchev–Trinajstić information content (AvgIpc) is 3.22. The number of nitrogens with one attached hydrogen (secondary N) is 1. The van der Waals surface area contributed by atoms with Gasteiger partial charge in [0.25, 0.3) is 5.91 Å². The summed E-state index contributed by atoms with van der Waals surface area (Å²) in [7, 11) is 0. The Morgan fingerprint density at radius 1 is 1.11 bits per heavy atom. The van der Waals surface area contributed by atoms with E-state index in [0.717, 1.165) is 16.6 Å². The molecule has 28 heavy (non-hydrogen) atoms. The quantitative estimate of drug-likeness (QED) is 0.529. The van der Waals surface area contributed by atoms with Crippen LogP contribution in [-0.4, -0.2) is 32.6 Å². The van der Waals surface area contributed by atoms with Crippen LogP contribution in [0.1, 0.15) is 21.9 Å². The van der Waals surface area contributed by atoms with E-state index in [1.54, 1.807) is 30.9 Å². The number of carbonyl (C=O) groups excluding carboxylic acids is 1. The first-order chi connectivity index (χ1) is 13.8. The molecule has 140 valence electrons. The molecule has 0 radical (unpaired) electrons. The third-order valence-electron chi connectivity index (χ3n) is 4.04. The normalized spacial score (nSPS) is 10.7. The third-order valence-corrected chi connectivity index (χ3v) is 4.04. The predicted octanol–water partition coefficient (Wildman–Crippen LogP) is 2.56. The highest BCUT2D eigenvalue weighted by Gasteiger charge is 2.13. The van der Waals surface area contributed by atoms with E-state index in [1.165, 1.54) is 0 Å². The Morgan fingerprint density at radius 2 is 2.04 bits per heavy atom. The van der Waals surface area contributed by atoms with Crippen LogP contribution in [0.15, 0.2) is 65.7 Å². The Morgan fingerprint density at radius 3 is 2.93 bits per heavy atom. The molecule has 0 atom stereocenters. The molecule has 1 N–H and O–H groups in total. The number of ether oxygens (including phenoxy) is 1. The Kier molecular flexibility index (Phi) is 5.19. The monoisotopic (exact) mass is 375 g/mol. The highest BCUT2D eigenvalue weighted by molar-refractivity contribution is 5.92. The zero-order valence-corrected chi connectivity index (χ0v) is 14.9. The maximum atomic E-state index is 12.2. The van der Waals surface area contributed by atoms with E-state index >= 15 is 0 Å². The Labute approximate surface area is 160 Å². The molecule has 3 heterocycles. The first-order valence-electron chi connectivity index (χ1n) is 8.75. The third kappa shape index (κ3) is 4.12. The summed E-state index contributed by atoms with van der Waals surface area (Å²) in [4.78, 5) is 24.7. The lowest BCUT2D eigenvalue weighted by atomic mass is 10.2. The number of hydrogen-bond acceptors (Lipinski definition) is 7. The maximum absolute atomic E-state index is 12.2. The van der Waals surface area contributed by atoms with E-state index in [1.807, 2.05) is 30.3 Å². The van der Waals surface area contributed by atoms with Gasteiger partial charge in [0.05, 0.1) is 5.69 Å². The zero-order chi connectivity index (χ0) is 19.2. The standard InChI is InChI=1S/C20H17N5O3/c26-20(24-8-6-15-12-21-9-10-22-15)17-11-16(28-25-17)13-27-18-5-1-3-14-4-2-7-23-19(14)18/h1-5,7,9-12H,6,8,13H2,(H,24,26). The molecule has 0 bridgehead atoms. The van der Waals surface area contributed by atoms with Crippen molar-refractivity contribution in [2.75, 3.05) is 6.54 Å². The highest BCUT2D eigenvalue weighted by Crippen LogP contribution is 2.23. The minimum atomic E-state index is -0.314. The maximum Gasteiger partial charge on any atom is 0.273 e. The lowest BCUT2D eigenvalue weighted by Gasteiger charge is -2.06. The van der Waals surface area contributed by atoms with Gasteiger partial charge in [0.1, 0.15) is 17.9 Å². The van der Waals surface area contributed by atoms with E-state index < -0.39 is 0 Å². The summed E-state index contributed by atoms with van der Waals surface area (Å²) >= 11 is 0. The summed E-state index contributed by atoms with van der Waals surface area (Å²) in [5, 5.41) is 7.57. The Balaban J connectivity index is 1.33. The summed E-state index contributed by atoms with van der Waals surface area (Å²) in [6, 6.07) is 11.1. The number of para-hydroxylation sites is 1. The molecule has 0 fully saturated rings. The minimum Gasteiger partial charge on any atom is -0.483 e. The van der Waals surface area contributed by atoms with Crippen molar-refractivity contribution < 1.29 is 14.1 Å². The molecule has 0 aliphatic carbocycles. The average molecular weight is 375 g/mol. The van der Waals surface area contributed by atoms with Crippen LogP contribution in [0.5, 0.6) is 5.75 Å². The first kappa shape index (κ1) is 17.6. The van der Waals surface area contributed by atoms with Crippen LogP contribution >= 0.6 is 0 Å². The van der Waals surface area contributed by atoms with Gasteiger partial charge in [0.2, 0.25) is 0 Å². The van der Waals surface area contributed by atoms with E-state index in [-0.39, 0.29) is 18.2 Å². The van der Waals surface area contributed by atoms with Crippen LogP contribution in [0.3, 0.4) is 0 Å². The summed E-state index contributed by atoms with van der Waals surface area (Å²) in [5.74, 6) is 0.780. The van der Waals surface area contributed by atoms with Crippen molar-refractivity contribution in [3.8, 4) is 5.75 Å². The molecular formula is C20H17N5O3. The molecule has 8 nitrogen and oxygen atoms in total. The van der Waals surface area contributed by atoms with Crippen LogP contribution in [0.2, 0.25) is 0 Å². The van der Waals surface area contributed by atoms with Crippen molar-refractivity contribution in [3.63, 3.8) is 0 Å². The van der Waals surface area contributed by atoms with Crippen LogP contribution in [0, 0.1) is 0 Å². The molecular weight excluding hydrogens is 358 g/mol. The molecule has 0 unspecified atom stereocenters. The second kappa shape index (κ2) is 8.26. The summed E-state index contributed by atoms with van der Waals surface area (Å²) in [6.07, 6.45) is 7.19. The fourth-order valence-electron chi connectivity index (χ4n) is 2.68. The molecule has 3 aromatic heterocycles. The predicted molar refractivity (Wildman–Crippen MR) is 101 cm³/mol. The lowest BCUT2D eigenvalue weighted by molar-refractivity contribution is 0.0944. The summed E-state index contributed by atoms with van der Waals surface area (Å²) in [5.41, 5.74) is 1.78. The van der Waals surface area contributed by atoms with Crippen molar-refractivity contribution in [2.45, 2.75) is 13.0 Å². The lowest BCUT2D eigenvalue weighted by Crippen LogP contribution is -2.26. The molecule has 0 saturated carbocycles. The summed E-state index contributed by atoms with van der Waals surface area (Å²) in [6.45, 7) is 0.577. The van der Waals surface area contributed by atoms with Crippen LogP contribution in [-0.2, 0) is 13.0 Å². The van der Waals surface area contributed by atoms with Crippen molar-refractivity contribution >= 4 is 16.8 Å². The topological polar surface area (TPSA) is 103 Å². The highest BCUT2D eigenvalue weighted by atomic mass is 16.5. The molecule has 1 aromatic carbocycles. The van der Waals surface area contributed by atoms with Gasteiger partial charge in [-0.3, -0.25) is 19.7 Å². The molecule has 0 spiro atoms. The van der Waals surface area contributed by atoms with Gasteiger partial charge in [0.15, 0.2) is 11.5 Å². The second-order valence-corrected chi connectivity index (χ2v) is 6.00. The van der Waals surface area contributed by atoms with Gasteiger partial charge in [-0.2, -0.15) is 0 Å². The van der Waals surface area contributed by atoms with E-state index in [0.29, 0.717) is 24.5 Å². The smallest absolute Gasteiger partial charge is 0.273 e. The fraction of sp³-hybridized carbons (Fsp3) is 0.150. The largest absolute Gasteiger partial charge is 0.483 e. The number of carbonyl (C=O) groups is 1. The van der Waals surface area contributed by atoms with Crippen molar-refractivity contribution in [3.05, 3.63) is 78.3 Å². The van der Waals surface area contributed by atoms with Crippen LogP contribution < -0.4 is 10.1 Å². The van der Waals surface area contributed by atoms with Crippen molar-refractivity contribution in [1.29, 1.82) is 0 Å². The van der Waals surface area contributed by atoms with Gasteiger partial charge in [-0.1, -0.05) is 23.4 Å². The van der Waals surface area contributed by atoms with Gasteiger partial charge in [-0.25, -0.2) is 0 Å². The zero-order valence-electron chi connectivity index (χ0n) is 14.9. The molecule has 0 aliphatic rings. The van der Waals surface area contributed by atoms with Gasteiger partial charge in [0, 0.05) is 49.2 Å². The molecule has 0 saturated heterocycles. The van der Waals surface area contributed by atoms with Gasteiger partial charge >= 0.3 is 0 Å². The van der Waals surface area contributed by atoms with Crippen LogP contribution in [0.4, 0.5) is 0 Å². The number of fused-ring (bicyclic) bond motifs is 1. The second-order valence-electron chi connectivity index (χ2n) is 6.00. The van der Waals surface area contributed by atoms with Crippen molar-refractivity contribution in [2.24, 2.45) is 0 Å². The van der Waals surface area contributed by atoms with Crippen molar-refractivity contribution in [1.82, 2.24) is 25.4 Å². The number of nitrogens with zero attached hydrogens (tertiary/aromatic N) is 4. The molecule has 4 aromatic rings. The molecule has 8 heteroatoms. The number of hydrogen-bond donors (Lipinski definition) is 1. The number of benzene rings is 1. The molecule has 0 aliphatic heterocycles. The summed E-state index contributed by atoms with van der Waals surface area (Å²) < 4.78 is 11.0. The van der Waals surface area contributed by atoms with Gasteiger partial charge < -0.3 is 14.6 Å². The first-order valence-corrected chi connectivity index (χ1v) is 8.75. The minimum absolute atomic E-state index is 0.148. The molecule has 1 amide bonds. The fourth-order valence-corrected chi connectivity index (χ4v) is 2.68. The van der Waals surface area contributed by atoms with Gasteiger partial charge in [-0.05, 0) is 12.1 Å². The Hall–Kier alpha value is -3.81. The SMILES string of the molecule is O=C(NCCc1cnccn1)c1cc(COc2cccc3cccnc23)on1. The van der Waals surface area contributed by atoms with E-state index in [4.69, 9.17) is 9.26 Å². The number of amides is 1. The number of aromatic nitrogens is 4. The number of pyridine rings is 1. The number of rotatable bonds is 7. The van der Waals surface area contributed by atoms with E-state index in [9.17, 15) is 4.79 Å². The van der Waals surface area contributed by atoms with Crippen LogP contribution in [0.25, 0.3) is 10.9 Å². The van der Waals surface area contributed by atoms with Gasteiger partial charge in [-0.15, -0.1) is 0 Å².